The van der Waals surface area contributed by atoms with E-state index in [1.165, 1.54) is 11.6 Å². The van der Waals surface area contributed by atoms with Gasteiger partial charge in [0, 0.05) is 16.8 Å². The van der Waals surface area contributed by atoms with Crippen molar-refractivity contribution in [2.24, 2.45) is 0 Å². The topological polar surface area (TPSA) is 81.2 Å². The summed E-state index contributed by atoms with van der Waals surface area (Å²) in [4.78, 5) is 10.7. The van der Waals surface area contributed by atoms with Crippen LogP contribution in [0.4, 0.5) is 17.1 Å². The van der Waals surface area contributed by atoms with Gasteiger partial charge in [0.1, 0.15) is 5.69 Å². The maximum Gasteiger partial charge on any atom is 0.293 e. The zero-order chi connectivity index (χ0) is 15.0. The number of hydrogen-bond donors (Lipinski definition) is 2. The Bertz CT molecular complexity index is 718. The van der Waals surface area contributed by atoms with E-state index in [0.717, 1.165) is 24.1 Å². The molecular weight excluding hydrogens is 290 g/mol. The van der Waals surface area contributed by atoms with E-state index < -0.39 is 4.92 Å². The summed E-state index contributed by atoms with van der Waals surface area (Å²) in [5.41, 5.74) is 9.35. The Morgan fingerprint density at radius 2 is 2.10 bits per heavy atom. The highest BCUT2D eigenvalue weighted by atomic mass is 35.5. The predicted octanol–water partition coefficient (Wildman–Crippen LogP) is 3.93. The Labute approximate surface area is 126 Å². The lowest BCUT2D eigenvalue weighted by molar-refractivity contribution is -0.384. The molecule has 0 fully saturated rings. The van der Waals surface area contributed by atoms with Crippen LogP contribution in [0.2, 0.25) is 5.02 Å². The molecule has 3 rings (SSSR count). The zero-order valence-electron chi connectivity index (χ0n) is 11.2. The fourth-order valence-electron chi connectivity index (χ4n) is 2.75. The van der Waals surface area contributed by atoms with E-state index in [1.54, 1.807) is 12.1 Å². The first-order chi connectivity index (χ1) is 10.0. The highest BCUT2D eigenvalue weighted by Crippen LogP contribution is 2.37. The molecule has 0 radical (unpaired) electrons. The molecule has 1 aliphatic rings. The highest BCUT2D eigenvalue weighted by molar-refractivity contribution is 6.30. The molecule has 2 aromatic carbocycles. The zero-order valence-corrected chi connectivity index (χ0v) is 11.9. The number of nitro benzene ring substituents is 1. The first kappa shape index (κ1) is 13.7. The molecule has 0 spiro atoms. The van der Waals surface area contributed by atoms with Crippen LogP contribution in [-0.2, 0) is 6.42 Å². The fraction of sp³-hybridized carbons (Fsp3) is 0.200. The van der Waals surface area contributed by atoms with Crippen LogP contribution >= 0.6 is 11.6 Å². The number of benzene rings is 2. The minimum Gasteiger partial charge on any atom is -0.399 e. The maximum atomic E-state index is 11.1. The largest absolute Gasteiger partial charge is 0.399 e. The number of rotatable bonds is 3. The molecular formula is C15H14ClN3O2. The van der Waals surface area contributed by atoms with Crippen molar-refractivity contribution in [1.29, 1.82) is 0 Å². The van der Waals surface area contributed by atoms with Gasteiger partial charge < -0.3 is 11.1 Å². The molecule has 108 valence electrons. The fourth-order valence-corrected chi connectivity index (χ4v) is 2.92. The van der Waals surface area contributed by atoms with Crippen LogP contribution in [0.25, 0.3) is 0 Å². The highest BCUT2D eigenvalue weighted by Gasteiger charge is 2.25. The summed E-state index contributed by atoms with van der Waals surface area (Å²) in [6, 6.07) is 10.5. The lowest BCUT2D eigenvalue weighted by Crippen LogP contribution is -2.09. The third-order valence-corrected chi connectivity index (χ3v) is 3.97. The quantitative estimate of drug-likeness (QED) is 0.511. The summed E-state index contributed by atoms with van der Waals surface area (Å²) in [5, 5.41) is 14.7. The lowest BCUT2D eigenvalue weighted by atomic mass is 10.1. The monoisotopic (exact) mass is 303 g/mol. The SMILES string of the molecule is Nc1ccc2c(c1)CCC2Nc1ccc(Cl)cc1[N+](=O)[O-]. The van der Waals surface area contributed by atoms with Crippen molar-refractivity contribution in [3.05, 3.63) is 62.7 Å². The van der Waals surface area contributed by atoms with Gasteiger partial charge in [-0.15, -0.1) is 0 Å². The number of anilines is 2. The van der Waals surface area contributed by atoms with Crippen LogP contribution in [0.5, 0.6) is 0 Å². The van der Waals surface area contributed by atoms with E-state index in [9.17, 15) is 10.1 Å². The number of nitrogens with one attached hydrogen (secondary N) is 1. The van der Waals surface area contributed by atoms with Crippen molar-refractivity contribution in [1.82, 2.24) is 0 Å². The van der Waals surface area contributed by atoms with Crippen molar-refractivity contribution >= 4 is 28.7 Å². The van der Waals surface area contributed by atoms with Crippen molar-refractivity contribution < 1.29 is 4.92 Å². The van der Waals surface area contributed by atoms with Crippen molar-refractivity contribution in [2.75, 3.05) is 11.1 Å². The molecule has 1 unspecified atom stereocenters. The number of aryl methyl sites for hydroxylation is 1. The first-order valence-electron chi connectivity index (χ1n) is 6.63. The van der Waals surface area contributed by atoms with Crippen LogP contribution in [0, 0.1) is 10.1 Å². The molecule has 1 atom stereocenters. The molecule has 0 aromatic heterocycles. The third-order valence-electron chi connectivity index (χ3n) is 3.73. The van der Waals surface area contributed by atoms with Crippen LogP contribution in [0.15, 0.2) is 36.4 Å². The summed E-state index contributed by atoms with van der Waals surface area (Å²) >= 11 is 5.83. The van der Waals surface area contributed by atoms with Gasteiger partial charge in [0.15, 0.2) is 0 Å². The second-order valence-electron chi connectivity index (χ2n) is 5.11. The van der Waals surface area contributed by atoms with Gasteiger partial charge in [-0.05, 0) is 48.2 Å². The Morgan fingerprint density at radius 3 is 2.86 bits per heavy atom. The molecule has 3 N–H and O–H groups in total. The van der Waals surface area contributed by atoms with Crippen LogP contribution in [-0.4, -0.2) is 4.92 Å². The predicted molar refractivity (Wildman–Crippen MR) is 83.6 cm³/mol. The summed E-state index contributed by atoms with van der Waals surface area (Å²) in [5.74, 6) is 0. The molecule has 2 aromatic rings. The van der Waals surface area contributed by atoms with E-state index >= 15 is 0 Å². The van der Waals surface area contributed by atoms with Gasteiger partial charge >= 0.3 is 0 Å². The maximum absolute atomic E-state index is 11.1. The van der Waals surface area contributed by atoms with Crippen molar-refractivity contribution in [3.8, 4) is 0 Å². The summed E-state index contributed by atoms with van der Waals surface area (Å²) in [7, 11) is 0. The number of nitrogen functional groups attached to an aromatic ring is 1. The molecule has 5 nitrogen and oxygen atoms in total. The third kappa shape index (κ3) is 2.64. The van der Waals surface area contributed by atoms with Gasteiger partial charge in [0.2, 0.25) is 0 Å². The lowest BCUT2D eigenvalue weighted by Gasteiger charge is -2.16. The molecule has 6 heteroatoms. The smallest absolute Gasteiger partial charge is 0.293 e. The Balaban J connectivity index is 1.91. The number of nitro groups is 1. The second kappa shape index (κ2) is 5.26. The van der Waals surface area contributed by atoms with Gasteiger partial charge in [-0.2, -0.15) is 0 Å². The van der Waals surface area contributed by atoms with E-state index in [2.05, 4.69) is 5.32 Å². The molecule has 0 saturated heterocycles. The van der Waals surface area contributed by atoms with Crippen LogP contribution in [0.1, 0.15) is 23.6 Å². The normalized spacial score (nSPS) is 16.5. The van der Waals surface area contributed by atoms with Gasteiger partial charge in [-0.3, -0.25) is 10.1 Å². The minimum absolute atomic E-state index is 0.00797. The number of nitrogens with two attached hydrogens (primary N) is 1. The summed E-state index contributed by atoms with van der Waals surface area (Å²) in [6.45, 7) is 0. The molecule has 0 heterocycles. The van der Waals surface area contributed by atoms with Gasteiger partial charge in [-0.1, -0.05) is 17.7 Å². The van der Waals surface area contributed by atoms with E-state index in [0.29, 0.717) is 10.7 Å². The Kier molecular flexibility index (Phi) is 3.43. The molecule has 0 aliphatic heterocycles. The number of nitrogens with zero attached hydrogens (tertiary/aromatic N) is 1. The number of fused-ring (bicyclic) bond motifs is 1. The summed E-state index contributed by atoms with van der Waals surface area (Å²) in [6.07, 6.45) is 1.80. The molecule has 0 amide bonds. The van der Waals surface area contributed by atoms with Crippen molar-refractivity contribution in [2.45, 2.75) is 18.9 Å². The van der Waals surface area contributed by atoms with Gasteiger partial charge in [0.05, 0.1) is 11.0 Å². The first-order valence-corrected chi connectivity index (χ1v) is 7.01. The molecule has 0 bridgehead atoms. The molecule has 0 saturated carbocycles. The average molecular weight is 304 g/mol. The Hall–Kier alpha value is -2.27. The van der Waals surface area contributed by atoms with Crippen LogP contribution in [0.3, 0.4) is 0 Å². The second-order valence-corrected chi connectivity index (χ2v) is 5.55. The van der Waals surface area contributed by atoms with E-state index in [1.807, 2.05) is 18.2 Å². The standard InChI is InChI=1S/C15H14ClN3O2/c16-10-2-6-14(15(8-10)19(20)21)18-13-5-1-9-7-11(17)3-4-12(9)13/h2-4,6-8,13,18H,1,5,17H2. The average Bonchev–Trinajstić information content (AvgIpc) is 2.82. The van der Waals surface area contributed by atoms with E-state index in [-0.39, 0.29) is 11.7 Å². The van der Waals surface area contributed by atoms with Crippen LogP contribution < -0.4 is 11.1 Å². The van der Waals surface area contributed by atoms with E-state index in [4.69, 9.17) is 17.3 Å². The van der Waals surface area contributed by atoms with Gasteiger partial charge in [0.25, 0.3) is 5.69 Å². The number of halogens is 1. The van der Waals surface area contributed by atoms with Gasteiger partial charge in [-0.25, -0.2) is 0 Å². The number of hydrogen-bond acceptors (Lipinski definition) is 4. The van der Waals surface area contributed by atoms with Crippen molar-refractivity contribution in [3.63, 3.8) is 0 Å². The summed E-state index contributed by atoms with van der Waals surface area (Å²) < 4.78 is 0. The molecule has 1 aliphatic carbocycles. The minimum atomic E-state index is -0.424. The Morgan fingerprint density at radius 1 is 1.29 bits per heavy atom. The molecule has 21 heavy (non-hydrogen) atoms.